The molecule has 0 fully saturated rings. The maximum absolute atomic E-state index is 12.1. The van der Waals surface area contributed by atoms with Crippen LogP contribution in [0.1, 0.15) is 17.2 Å². The van der Waals surface area contributed by atoms with Gasteiger partial charge in [-0.3, -0.25) is 14.3 Å². The third kappa shape index (κ3) is 4.38. The largest absolute Gasteiger partial charge is 0.386 e. The lowest BCUT2D eigenvalue weighted by Crippen LogP contribution is -2.13. The molecule has 7 nitrogen and oxygen atoms in total. The Hall–Kier alpha value is -1.81. The van der Waals surface area contributed by atoms with Crippen molar-refractivity contribution >= 4 is 31.7 Å². The van der Waals surface area contributed by atoms with E-state index in [1.807, 2.05) is 6.92 Å². The van der Waals surface area contributed by atoms with Crippen LogP contribution in [0, 0.1) is 17.0 Å². The highest BCUT2D eigenvalue weighted by Gasteiger charge is 2.20. The van der Waals surface area contributed by atoms with Crippen LogP contribution in [-0.2, 0) is 14.3 Å². The third-order valence-electron chi connectivity index (χ3n) is 3.24. The summed E-state index contributed by atoms with van der Waals surface area (Å²) in [6, 6.07) is 10.1. The summed E-state index contributed by atoms with van der Waals surface area (Å²) in [4.78, 5) is 10.3. The number of nitrogens with zero attached hydrogens (tertiary/aromatic N) is 1. The maximum atomic E-state index is 12.1. The van der Waals surface area contributed by atoms with Crippen molar-refractivity contribution in [3.05, 3.63) is 68.2 Å². The van der Waals surface area contributed by atoms with Crippen LogP contribution in [0.5, 0.6) is 0 Å². The fraction of sp³-hybridized carbons (Fsp3) is 0.200. The predicted octanol–water partition coefficient (Wildman–Crippen LogP) is 3.10. The molecule has 2 aromatic rings. The SMILES string of the molecule is Cc1ccc(S(=O)(=O)OCC(O)c2ccc(Br)c([N+](=O)[O-])c2)cc1. The fourth-order valence-electron chi connectivity index (χ4n) is 1.90. The van der Waals surface area contributed by atoms with E-state index in [1.165, 1.54) is 24.3 Å². The van der Waals surface area contributed by atoms with Gasteiger partial charge in [-0.2, -0.15) is 8.42 Å². The molecule has 24 heavy (non-hydrogen) atoms. The Balaban J connectivity index is 2.12. The van der Waals surface area contributed by atoms with Gasteiger partial charge in [-0.15, -0.1) is 0 Å². The molecule has 9 heteroatoms. The van der Waals surface area contributed by atoms with Crippen LogP contribution in [-0.4, -0.2) is 25.1 Å². The van der Waals surface area contributed by atoms with Crippen LogP contribution in [0.25, 0.3) is 0 Å². The molecule has 1 unspecified atom stereocenters. The molecule has 2 aromatic carbocycles. The van der Waals surface area contributed by atoms with E-state index >= 15 is 0 Å². The second-order valence-corrected chi connectivity index (χ2v) is 7.51. The van der Waals surface area contributed by atoms with Gasteiger partial charge >= 0.3 is 0 Å². The predicted molar refractivity (Wildman–Crippen MR) is 90.1 cm³/mol. The molecule has 0 heterocycles. The van der Waals surface area contributed by atoms with Gasteiger partial charge in [0, 0.05) is 6.07 Å². The highest BCUT2D eigenvalue weighted by molar-refractivity contribution is 9.10. The lowest BCUT2D eigenvalue weighted by Gasteiger charge is -2.12. The topological polar surface area (TPSA) is 107 Å². The van der Waals surface area contributed by atoms with Gasteiger partial charge in [0.1, 0.15) is 6.10 Å². The van der Waals surface area contributed by atoms with Crippen LogP contribution >= 0.6 is 15.9 Å². The van der Waals surface area contributed by atoms with E-state index in [9.17, 15) is 23.6 Å². The summed E-state index contributed by atoms with van der Waals surface area (Å²) in [6.07, 6.45) is -1.32. The first-order chi connectivity index (χ1) is 11.2. The molecule has 2 rings (SSSR count). The number of aliphatic hydroxyl groups is 1. The zero-order valence-electron chi connectivity index (χ0n) is 12.5. The first kappa shape index (κ1) is 18.5. The normalized spacial score (nSPS) is 12.8. The molecule has 0 aliphatic heterocycles. The molecule has 0 radical (unpaired) electrons. The molecule has 128 valence electrons. The number of aliphatic hydroxyl groups excluding tert-OH is 1. The number of hydrogen-bond acceptors (Lipinski definition) is 6. The molecule has 1 N–H and O–H groups in total. The molecule has 1 atom stereocenters. The molecule has 0 bridgehead atoms. The van der Waals surface area contributed by atoms with Crippen molar-refractivity contribution in [3.8, 4) is 0 Å². The minimum absolute atomic E-state index is 0.0258. The van der Waals surface area contributed by atoms with Crippen LogP contribution in [0.4, 0.5) is 5.69 Å². The molecular weight excluding hydrogens is 402 g/mol. The van der Waals surface area contributed by atoms with Gasteiger partial charge in [-0.25, -0.2) is 0 Å². The van der Waals surface area contributed by atoms with E-state index in [2.05, 4.69) is 15.9 Å². The lowest BCUT2D eigenvalue weighted by atomic mass is 10.1. The number of benzene rings is 2. The Morgan fingerprint density at radius 1 is 1.25 bits per heavy atom. The monoisotopic (exact) mass is 415 g/mol. The van der Waals surface area contributed by atoms with Gasteiger partial charge < -0.3 is 5.11 Å². The van der Waals surface area contributed by atoms with E-state index in [4.69, 9.17) is 4.18 Å². The van der Waals surface area contributed by atoms with Gasteiger partial charge in [0.25, 0.3) is 15.8 Å². The highest BCUT2D eigenvalue weighted by Crippen LogP contribution is 2.28. The van der Waals surface area contributed by atoms with Crippen molar-refractivity contribution in [1.82, 2.24) is 0 Å². The number of rotatable bonds is 6. The smallest absolute Gasteiger partial charge is 0.297 e. The quantitative estimate of drug-likeness (QED) is 0.441. The van der Waals surface area contributed by atoms with Crippen LogP contribution in [0.3, 0.4) is 0 Å². The summed E-state index contributed by atoms with van der Waals surface area (Å²) in [5.74, 6) is 0. The summed E-state index contributed by atoms with van der Waals surface area (Å²) in [6.45, 7) is 1.27. The van der Waals surface area contributed by atoms with Crippen molar-refractivity contribution in [2.24, 2.45) is 0 Å². The van der Waals surface area contributed by atoms with E-state index < -0.39 is 27.8 Å². The Kier molecular flexibility index (Phi) is 5.70. The zero-order chi connectivity index (χ0) is 17.9. The summed E-state index contributed by atoms with van der Waals surface area (Å²) >= 11 is 3.04. The molecule has 0 aromatic heterocycles. The Bertz CT molecular complexity index is 851. The van der Waals surface area contributed by atoms with Gasteiger partial charge in [-0.05, 0) is 46.6 Å². The standard InChI is InChI=1S/C15H14BrNO6S/c1-10-2-5-12(6-3-10)24(21,22)23-9-15(18)11-4-7-13(16)14(8-11)17(19)20/h2-8,15,18H,9H2,1H3. The first-order valence-electron chi connectivity index (χ1n) is 6.79. The molecule has 0 aliphatic rings. The summed E-state index contributed by atoms with van der Waals surface area (Å²) in [5.41, 5.74) is 0.855. The van der Waals surface area contributed by atoms with Crippen molar-refractivity contribution < 1.29 is 22.6 Å². The Morgan fingerprint density at radius 2 is 1.88 bits per heavy atom. The maximum Gasteiger partial charge on any atom is 0.297 e. The molecule has 0 saturated carbocycles. The number of halogens is 1. The summed E-state index contributed by atoms with van der Waals surface area (Å²) < 4.78 is 29.2. The minimum Gasteiger partial charge on any atom is -0.386 e. The third-order valence-corrected chi connectivity index (χ3v) is 5.21. The van der Waals surface area contributed by atoms with Gasteiger partial charge in [0.2, 0.25) is 0 Å². The van der Waals surface area contributed by atoms with Crippen molar-refractivity contribution in [1.29, 1.82) is 0 Å². The van der Waals surface area contributed by atoms with E-state index in [-0.39, 0.29) is 20.6 Å². The van der Waals surface area contributed by atoms with E-state index in [1.54, 1.807) is 12.1 Å². The van der Waals surface area contributed by atoms with Gasteiger partial charge in [0.15, 0.2) is 0 Å². The van der Waals surface area contributed by atoms with Gasteiger partial charge in [-0.1, -0.05) is 23.8 Å². The lowest BCUT2D eigenvalue weighted by molar-refractivity contribution is -0.385. The van der Waals surface area contributed by atoms with Crippen molar-refractivity contribution in [3.63, 3.8) is 0 Å². The average molecular weight is 416 g/mol. The molecular formula is C15H14BrNO6S. The minimum atomic E-state index is -4.02. The van der Waals surface area contributed by atoms with Gasteiger partial charge in [0.05, 0.1) is 20.9 Å². The molecule has 0 spiro atoms. The van der Waals surface area contributed by atoms with Crippen molar-refractivity contribution in [2.75, 3.05) is 6.61 Å². The molecule has 0 aliphatic carbocycles. The highest BCUT2D eigenvalue weighted by atomic mass is 79.9. The molecule has 0 saturated heterocycles. The average Bonchev–Trinajstić information content (AvgIpc) is 2.53. The number of hydrogen-bond donors (Lipinski definition) is 1. The second-order valence-electron chi connectivity index (χ2n) is 5.04. The zero-order valence-corrected chi connectivity index (χ0v) is 15.0. The number of nitro groups is 1. The summed E-state index contributed by atoms with van der Waals surface area (Å²) in [5, 5.41) is 20.9. The summed E-state index contributed by atoms with van der Waals surface area (Å²) in [7, 11) is -4.02. The van der Waals surface area contributed by atoms with Crippen LogP contribution in [0.15, 0.2) is 51.8 Å². The number of nitro benzene ring substituents is 1. The molecule has 0 amide bonds. The fourth-order valence-corrected chi connectivity index (χ4v) is 3.21. The number of aryl methyl sites for hydroxylation is 1. The Morgan fingerprint density at radius 3 is 2.46 bits per heavy atom. The van der Waals surface area contributed by atoms with E-state index in [0.717, 1.165) is 11.6 Å². The van der Waals surface area contributed by atoms with E-state index in [0.29, 0.717) is 0 Å². The first-order valence-corrected chi connectivity index (χ1v) is 8.99. The second kappa shape index (κ2) is 7.39. The Labute approximate surface area is 147 Å². The van der Waals surface area contributed by atoms with Crippen LogP contribution in [0.2, 0.25) is 0 Å². The van der Waals surface area contributed by atoms with Crippen molar-refractivity contribution in [2.45, 2.75) is 17.9 Å². The van der Waals surface area contributed by atoms with Crippen LogP contribution < -0.4 is 0 Å².